The van der Waals surface area contributed by atoms with Crippen LogP contribution in [0.15, 0.2) is 24.4 Å². The maximum Gasteiger partial charge on any atom is 0.0472 e. The molecule has 1 aliphatic heterocycles. The van der Waals surface area contributed by atoms with Crippen LogP contribution in [0, 0.1) is 0 Å². The maximum atomic E-state index is 5.97. The molecule has 1 unspecified atom stereocenters. The second-order valence-corrected chi connectivity index (χ2v) is 6.03. The Labute approximate surface area is 110 Å². The van der Waals surface area contributed by atoms with Crippen LogP contribution in [-0.4, -0.2) is 22.5 Å². The summed E-state index contributed by atoms with van der Waals surface area (Å²) >= 11 is 8.01. The molecule has 1 aromatic heterocycles. The number of aromatic amines is 1. The van der Waals surface area contributed by atoms with E-state index in [1.165, 1.54) is 28.9 Å². The van der Waals surface area contributed by atoms with Crippen molar-refractivity contribution < 1.29 is 0 Å². The minimum Gasteiger partial charge on any atom is -0.361 e. The topological polar surface area (TPSA) is 27.8 Å². The summed E-state index contributed by atoms with van der Waals surface area (Å²) in [6.45, 7) is 0.937. The van der Waals surface area contributed by atoms with E-state index in [1.54, 1.807) is 0 Å². The lowest BCUT2D eigenvalue weighted by Gasteiger charge is -2.10. The first-order valence-electron chi connectivity index (χ1n) is 5.89. The summed E-state index contributed by atoms with van der Waals surface area (Å²) in [6.07, 6.45) is 3.37. The van der Waals surface area contributed by atoms with Crippen molar-refractivity contribution >= 4 is 34.3 Å². The van der Waals surface area contributed by atoms with Crippen LogP contribution < -0.4 is 5.32 Å². The first kappa shape index (κ1) is 11.5. The Morgan fingerprint density at radius 1 is 1.47 bits per heavy atom. The minimum atomic E-state index is 0.678. The zero-order chi connectivity index (χ0) is 11.7. The van der Waals surface area contributed by atoms with Gasteiger partial charge in [0.1, 0.15) is 0 Å². The lowest BCUT2D eigenvalue weighted by Crippen LogP contribution is -2.27. The third-order valence-electron chi connectivity index (χ3n) is 3.24. The summed E-state index contributed by atoms with van der Waals surface area (Å²) in [5, 5.41) is 5.67. The average molecular weight is 267 g/mol. The summed E-state index contributed by atoms with van der Waals surface area (Å²) in [5.74, 6) is 2.54. The van der Waals surface area contributed by atoms with E-state index < -0.39 is 0 Å². The van der Waals surface area contributed by atoms with Gasteiger partial charge in [-0.2, -0.15) is 11.8 Å². The predicted octanol–water partition coefficient (Wildman–Crippen LogP) is 3.42. The van der Waals surface area contributed by atoms with Gasteiger partial charge in [0.2, 0.25) is 0 Å². The van der Waals surface area contributed by atoms with E-state index in [2.05, 4.69) is 22.6 Å². The number of benzene rings is 1. The van der Waals surface area contributed by atoms with Crippen molar-refractivity contribution in [3.63, 3.8) is 0 Å². The van der Waals surface area contributed by atoms with E-state index in [4.69, 9.17) is 11.6 Å². The molecule has 17 heavy (non-hydrogen) atoms. The molecule has 0 saturated carbocycles. The van der Waals surface area contributed by atoms with E-state index in [1.807, 2.05) is 23.9 Å². The molecule has 1 aliphatic rings. The Kier molecular flexibility index (Phi) is 3.32. The number of hydrogen-bond acceptors (Lipinski definition) is 2. The van der Waals surface area contributed by atoms with Crippen molar-refractivity contribution in [2.75, 3.05) is 11.5 Å². The molecule has 2 aromatic rings. The lowest BCUT2D eigenvalue weighted by atomic mass is 10.1. The van der Waals surface area contributed by atoms with Crippen molar-refractivity contribution in [2.24, 2.45) is 0 Å². The molecule has 4 heteroatoms. The predicted molar refractivity (Wildman–Crippen MR) is 75.9 cm³/mol. The fourth-order valence-corrected chi connectivity index (χ4v) is 3.61. The van der Waals surface area contributed by atoms with Crippen LogP contribution in [-0.2, 0) is 6.54 Å². The fraction of sp³-hybridized carbons (Fsp3) is 0.385. The van der Waals surface area contributed by atoms with E-state index in [9.17, 15) is 0 Å². The van der Waals surface area contributed by atoms with E-state index in [-0.39, 0.29) is 0 Å². The number of hydrogen-bond donors (Lipinski definition) is 2. The summed E-state index contributed by atoms with van der Waals surface area (Å²) in [7, 11) is 0. The third-order valence-corrected chi connectivity index (χ3v) is 4.64. The molecule has 1 atom stereocenters. The highest BCUT2D eigenvalue weighted by atomic mass is 35.5. The number of fused-ring (bicyclic) bond motifs is 1. The number of halogens is 1. The monoisotopic (exact) mass is 266 g/mol. The Balaban J connectivity index is 1.76. The fourth-order valence-electron chi connectivity index (χ4n) is 2.25. The highest BCUT2D eigenvalue weighted by Crippen LogP contribution is 2.23. The van der Waals surface area contributed by atoms with Gasteiger partial charge in [0.15, 0.2) is 0 Å². The summed E-state index contributed by atoms with van der Waals surface area (Å²) in [4.78, 5) is 3.27. The SMILES string of the molecule is Clc1ccc2c(CNC3CCSC3)c[nH]c2c1. The molecule has 1 fully saturated rings. The molecule has 0 aliphatic carbocycles. The molecule has 0 bridgehead atoms. The first-order valence-corrected chi connectivity index (χ1v) is 7.43. The minimum absolute atomic E-state index is 0.678. The Bertz CT molecular complexity index is 517. The molecule has 90 valence electrons. The van der Waals surface area contributed by atoms with Crippen molar-refractivity contribution in [3.8, 4) is 0 Å². The number of aromatic nitrogens is 1. The molecule has 2 N–H and O–H groups in total. The van der Waals surface area contributed by atoms with Crippen molar-refractivity contribution in [1.29, 1.82) is 0 Å². The normalized spacial score (nSPS) is 20.2. The highest BCUT2D eigenvalue weighted by molar-refractivity contribution is 7.99. The number of thioether (sulfide) groups is 1. The van der Waals surface area contributed by atoms with Gasteiger partial charge in [-0.25, -0.2) is 0 Å². The van der Waals surface area contributed by atoms with Gasteiger partial charge in [-0.15, -0.1) is 0 Å². The zero-order valence-corrected chi connectivity index (χ0v) is 11.1. The number of nitrogens with one attached hydrogen (secondary N) is 2. The van der Waals surface area contributed by atoms with Gasteiger partial charge >= 0.3 is 0 Å². The molecule has 1 saturated heterocycles. The largest absolute Gasteiger partial charge is 0.361 e. The van der Waals surface area contributed by atoms with Crippen molar-refractivity contribution in [2.45, 2.75) is 19.0 Å². The van der Waals surface area contributed by atoms with Crippen LogP contribution in [0.4, 0.5) is 0 Å². The molecule has 3 rings (SSSR count). The standard InChI is InChI=1S/C13H15ClN2S/c14-10-1-2-12-9(7-16-13(12)5-10)6-15-11-3-4-17-8-11/h1-2,5,7,11,15-16H,3-4,6,8H2. The summed E-state index contributed by atoms with van der Waals surface area (Å²) in [5.41, 5.74) is 2.45. The summed E-state index contributed by atoms with van der Waals surface area (Å²) < 4.78 is 0. The van der Waals surface area contributed by atoms with Crippen molar-refractivity contribution in [1.82, 2.24) is 10.3 Å². The van der Waals surface area contributed by atoms with Gasteiger partial charge in [-0.1, -0.05) is 17.7 Å². The molecule has 0 amide bonds. The van der Waals surface area contributed by atoms with Gasteiger partial charge in [0, 0.05) is 40.5 Å². The second-order valence-electron chi connectivity index (χ2n) is 4.45. The van der Waals surface area contributed by atoms with Crippen LogP contribution in [0.3, 0.4) is 0 Å². The molecule has 0 radical (unpaired) electrons. The Hall–Kier alpha value is -0.640. The van der Waals surface area contributed by atoms with Crippen LogP contribution in [0.2, 0.25) is 5.02 Å². The molecule has 0 spiro atoms. The van der Waals surface area contributed by atoms with Crippen LogP contribution in [0.1, 0.15) is 12.0 Å². The Morgan fingerprint density at radius 2 is 2.41 bits per heavy atom. The van der Waals surface area contributed by atoms with E-state index >= 15 is 0 Å². The number of H-pyrrole nitrogens is 1. The van der Waals surface area contributed by atoms with Crippen LogP contribution in [0.5, 0.6) is 0 Å². The maximum absolute atomic E-state index is 5.97. The number of rotatable bonds is 3. The molecular formula is C13H15ClN2S. The summed E-state index contributed by atoms with van der Waals surface area (Å²) in [6, 6.07) is 6.70. The van der Waals surface area contributed by atoms with Crippen LogP contribution in [0.25, 0.3) is 10.9 Å². The van der Waals surface area contributed by atoms with Crippen molar-refractivity contribution in [3.05, 3.63) is 35.0 Å². The molecule has 2 nitrogen and oxygen atoms in total. The van der Waals surface area contributed by atoms with Gasteiger partial charge < -0.3 is 10.3 Å². The average Bonchev–Trinajstić information content (AvgIpc) is 2.94. The zero-order valence-electron chi connectivity index (χ0n) is 9.50. The van der Waals surface area contributed by atoms with E-state index in [0.29, 0.717) is 6.04 Å². The molecular weight excluding hydrogens is 252 g/mol. The molecule has 2 heterocycles. The highest BCUT2D eigenvalue weighted by Gasteiger charge is 2.15. The lowest BCUT2D eigenvalue weighted by molar-refractivity contribution is 0.559. The Morgan fingerprint density at radius 3 is 3.24 bits per heavy atom. The molecule has 1 aromatic carbocycles. The quantitative estimate of drug-likeness (QED) is 0.891. The third kappa shape index (κ3) is 2.46. The van der Waals surface area contributed by atoms with Gasteiger partial charge in [-0.05, 0) is 29.9 Å². The second kappa shape index (κ2) is 4.92. The van der Waals surface area contributed by atoms with Gasteiger partial charge in [0.05, 0.1) is 0 Å². The van der Waals surface area contributed by atoms with E-state index in [0.717, 1.165) is 17.1 Å². The van der Waals surface area contributed by atoms with Crippen LogP contribution >= 0.6 is 23.4 Å². The van der Waals surface area contributed by atoms with Gasteiger partial charge in [0.25, 0.3) is 0 Å². The first-order chi connectivity index (χ1) is 8.33. The van der Waals surface area contributed by atoms with Gasteiger partial charge in [-0.3, -0.25) is 0 Å². The smallest absolute Gasteiger partial charge is 0.0472 e.